The lowest BCUT2D eigenvalue weighted by molar-refractivity contribution is -0.115. The third kappa shape index (κ3) is 2.97. The molecule has 0 saturated heterocycles. The molecule has 0 aliphatic carbocycles. The Labute approximate surface area is 133 Å². The summed E-state index contributed by atoms with van der Waals surface area (Å²) in [6.07, 6.45) is 3.52. The molecule has 0 radical (unpaired) electrons. The zero-order valence-corrected chi connectivity index (χ0v) is 13.1. The fraction of sp³-hybridized carbons (Fsp3) is 0.176. The summed E-state index contributed by atoms with van der Waals surface area (Å²) in [6, 6.07) is 7.39. The molecule has 0 saturated carbocycles. The van der Waals surface area contributed by atoms with Gasteiger partial charge < -0.3 is 9.73 Å². The van der Waals surface area contributed by atoms with Crippen LogP contribution in [-0.4, -0.2) is 10.9 Å². The number of carbonyl (C=O) groups excluding carboxylic acids is 1. The summed E-state index contributed by atoms with van der Waals surface area (Å²) in [5.41, 5.74) is 3.53. The molecular formula is C17H15ClN2O2. The van der Waals surface area contributed by atoms with Crippen LogP contribution in [0.2, 0.25) is 5.02 Å². The zero-order valence-electron chi connectivity index (χ0n) is 12.3. The average Bonchev–Trinajstić information content (AvgIpc) is 2.84. The van der Waals surface area contributed by atoms with Gasteiger partial charge in [-0.3, -0.25) is 4.79 Å². The first-order chi connectivity index (χ1) is 10.5. The molecule has 0 fully saturated rings. The number of nitrogens with one attached hydrogen (secondary N) is 1. The first-order valence-electron chi connectivity index (χ1n) is 6.91. The summed E-state index contributed by atoms with van der Waals surface area (Å²) in [5, 5.41) is 4.30. The van der Waals surface area contributed by atoms with Gasteiger partial charge in [0.15, 0.2) is 0 Å². The van der Waals surface area contributed by atoms with Crippen molar-refractivity contribution >= 4 is 34.3 Å². The Morgan fingerprint density at radius 1 is 1.32 bits per heavy atom. The quantitative estimate of drug-likeness (QED) is 0.785. The van der Waals surface area contributed by atoms with E-state index in [-0.39, 0.29) is 12.3 Å². The van der Waals surface area contributed by atoms with Crippen molar-refractivity contribution < 1.29 is 9.21 Å². The van der Waals surface area contributed by atoms with Gasteiger partial charge in [0.05, 0.1) is 12.7 Å². The van der Waals surface area contributed by atoms with Crippen LogP contribution in [0.4, 0.5) is 5.82 Å². The van der Waals surface area contributed by atoms with E-state index in [9.17, 15) is 4.79 Å². The van der Waals surface area contributed by atoms with Crippen molar-refractivity contribution in [2.75, 3.05) is 5.32 Å². The lowest BCUT2D eigenvalue weighted by atomic mass is 10.1. The van der Waals surface area contributed by atoms with Gasteiger partial charge in [0.1, 0.15) is 11.4 Å². The number of aryl methyl sites for hydroxylation is 2. The fourth-order valence-electron chi connectivity index (χ4n) is 2.24. The Morgan fingerprint density at radius 3 is 2.86 bits per heavy atom. The van der Waals surface area contributed by atoms with E-state index < -0.39 is 0 Å². The van der Waals surface area contributed by atoms with Crippen LogP contribution in [0.15, 0.2) is 41.1 Å². The van der Waals surface area contributed by atoms with Gasteiger partial charge in [-0.25, -0.2) is 4.98 Å². The fourth-order valence-corrected chi connectivity index (χ4v) is 2.40. The standard InChI is InChI=1S/C17H15ClN2O2/c1-10-3-4-16(19-8-10)20-17(21)6-12-9-22-15-5-11(2)14(18)7-13(12)15/h3-5,7-9H,6H2,1-2H3,(H,19,20,21). The average molecular weight is 315 g/mol. The van der Waals surface area contributed by atoms with Gasteiger partial charge in [-0.1, -0.05) is 17.7 Å². The Balaban J connectivity index is 1.79. The number of nitrogens with zero attached hydrogens (tertiary/aromatic N) is 1. The number of pyridine rings is 1. The third-order valence-corrected chi connectivity index (χ3v) is 3.87. The second kappa shape index (κ2) is 5.81. The van der Waals surface area contributed by atoms with Crippen molar-refractivity contribution in [3.8, 4) is 0 Å². The molecule has 22 heavy (non-hydrogen) atoms. The second-order valence-electron chi connectivity index (χ2n) is 5.30. The van der Waals surface area contributed by atoms with E-state index in [1.165, 1.54) is 0 Å². The van der Waals surface area contributed by atoms with Gasteiger partial charge in [0.2, 0.25) is 5.91 Å². The highest BCUT2D eigenvalue weighted by Gasteiger charge is 2.12. The molecule has 0 aliphatic rings. The molecule has 4 nitrogen and oxygen atoms in total. The number of hydrogen-bond acceptors (Lipinski definition) is 3. The molecule has 112 valence electrons. The lowest BCUT2D eigenvalue weighted by Gasteiger charge is -2.04. The molecule has 0 bridgehead atoms. The number of furan rings is 1. The Bertz CT molecular complexity index is 838. The minimum Gasteiger partial charge on any atom is -0.464 e. The van der Waals surface area contributed by atoms with E-state index >= 15 is 0 Å². The van der Waals surface area contributed by atoms with Crippen molar-refractivity contribution in [1.29, 1.82) is 0 Å². The Hall–Kier alpha value is -2.33. The van der Waals surface area contributed by atoms with Gasteiger partial charge in [0.25, 0.3) is 0 Å². The number of rotatable bonds is 3. The number of hydrogen-bond donors (Lipinski definition) is 1. The van der Waals surface area contributed by atoms with Crippen molar-refractivity contribution in [1.82, 2.24) is 4.98 Å². The van der Waals surface area contributed by atoms with Crippen molar-refractivity contribution in [2.45, 2.75) is 20.3 Å². The zero-order chi connectivity index (χ0) is 15.7. The number of aromatic nitrogens is 1. The molecule has 3 rings (SSSR count). The topological polar surface area (TPSA) is 55.1 Å². The summed E-state index contributed by atoms with van der Waals surface area (Å²) in [7, 11) is 0. The smallest absolute Gasteiger partial charge is 0.230 e. The molecule has 0 unspecified atom stereocenters. The SMILES string of the molecule is Cc1ccc(NC(=O)Cc2coc3cc(C)c(Cl)cc23)nc1. The molecule has 0 atom stereocenters. The summed E-state index contributed by atoms with van der Waals surface area (Å²) in [6.45, 7) is 3.86. The molecule has 2 heterocycles. The molecule has 0 spiro atoms. The number of benzene rings is 1. The van der Waals surface area contributed by atoms with E-state index in [2.05, 4.69) is 10.3 Å². The Morgan fingerprint density at radius 2 is 2.14 bits per heavy atom. The molecule has 1 amide bonds. The molecule has 1 N–H and O–H groups in total. The van der Waals surface area contributed by atoms with Crippen LogP contribution in [0.5, 0.6) is 0 Å². The van der Waals surface area contributed by atoms with E-state index in [1.807, 2.05) is 32.0 Å². The van der Waals surface area contributed by atoms with Crippen LogP contribution < -0.4 is 5.32 Å². The number of halogens is 1. The van der Waals surface area contributed by atoms with Crippen LogP contribution in [0, 0.1) is 13.8 Å². The van der Waals surface area contributed by atoms with E-state index in [0.717, 1.165) is 27.7 Å². The summed E-state index contributed by atoms with van der Waals surface area (Å²) in [5.74, 6) is 0.396. The second-order valence-corrected chi connectivity index (χ2v) is 5.71. The van der Waals surface area contributed by atoms with Crippen molar-refractivity contribution in [3.05, 3.63) is 58.4 Å². The lowest BCUT2D eigenvalue weighted by Crippen LogP contribution is -2.15. The highest BCUT2D eigenvalue weighted by Crippen LogP contribution is 2.28. The van der Waals surface area contributed by atoms with Gasteiger partial charge in [0, 0.05) is 22.2 Å². The van der Waals surface area contributed by atoms with Gasteiger partial charge in [-0.15, -0.1) is 0 Å². The summed E-state index contributed by atoms with van der Waals surface area (Å²) in [4.78, 5) is 16.3. The van der Waals surface area contributed by atoms with Crippen molar-refractivity contribution in [3.63, 3.8) is 0 Å². The van der Waals surface area contributed by atoms with Crippen LogP contribution in [-0.2, 0) is 11.2 Å². The van der Waals surface area contributed by atoms with Gasteiger partial charge in [-0.2, -0.15) is 0 Å². The number of anilines is 1. The van der Waals surface area contributed by atoms with E-state index in [4.69, 9.17) is 16.0 Å². The normalized spacial score (nSPS) is 10.9. The molecule has 2 aromatic heterocycles. The molecule has 0 aliphatic heterocycles. The highest BCUT2D eigenvalue weighted by atomic mass is 35.5. The third-order valence-electron chi connectivity index (χ3n) is 3.46. The maximum atomic E-state index is 12.1. The molecule has 1 aromatic carbocycles. The minimum absolute atomic E-state index is 0.143. The molecule has 3 aromatic rings. The Kier molecular flexibility index (Phi) is 3.86. The summed E-state index contributed by atoms with van der Waals surface area (Å²) < 4.78 is 5.50. The monoisotopic (exact) mass is 314 g/mol. The van der Waals surface area contributed by atoms with Crippen molar-refractivity contribution in [2.24, 2.45) is 0 Å². The first-order valence-corrected chi connectivity index (χ1v) is 7.29. The largest absolute Gasteiger partial charge is 0.464 e. The maximum Gasteiger partial charge on any atom is 0.230 e. The molecule has 5 heteroatoms. The first kappa shape index (κ1) is 14.6. The van der Waals surface area contributed by atoms with Crippen LogP contribution in [0.3, 0.4) is 0 Å². The van der Waals surface area contributed by atoms with Gasteiger partial charge in [-0.05, 0) is 43.2 Å². The highest BCUT2D eigenvalue weighted by molar-refractivity contribution is 6.32. The van der Waals surface area contributed by atoms with Crippen LogP contribution >= 0.6 is 11.6 Å². The number of amides is 1. The van der Waals surface area contributed by atoms with E-state index in [1.54, 1.807) is 18.5 Å². The van der Waals surface area contributed by atoms with Crippen LogP contribution in [0.25, 0.3) is 11.0 Å². The predicted octanol–water partition coefficient (Wildman–Crippen LogP) is 4.28. The number of carbonyl (C=O) groups is 1. The van der Waals surface area contributed by atoms with Gasteiger partial charge >= 0.3 is 0 Å². The molecular weight excluding hydrogens is 300 g/mol. The predicted molar refractivity (Wildman–Crippen MR) is 87.3 cm³/mol. The van der Waals surface area contributed by atoms with Crippen LogP contribution in [0.1, 0.15) is 16.7 Å². The number of fused-ring (bicyclic) bond motifs is 1. The maximum absolute atomic E-state index is 12.1. The summed E-state index contributed by atoms with van der Waals surface area (Å²) >= 11 is 6.15. The van der Waals surface area contributed by atoms with E-state index in [0.29, 0.717) is 10.8 Å². The minimum atomic E-state index is -0.143.